The molecule has 164 valence electrons. The van der Waals surface area contributed by atoms with Crippen LogP contribution in [0.25, 0.3) is 0 Å². The first-order valence-electron chi connectivity index (χ1n) is 11.4. The van der Waals surface area contributed by atoms with Crippen molar-refractivity contribution >= 4 is 17.0 Å². The van der Waals surface area contributed by atoms with Gasteiger partial charge in [0.05, 0.1) is 0 Å². The number of ketones is 1. The van der Waals surface area contributed by atoms with Crippen molar-refractivity contribution in [2.75, 3.05) is 12.5 Å². The van der Waals surface area contributed by atoms with Gasteiger partial charge in [-0.15, -0.1) is 0 Å². The first kappa shape index (κ1) is 24.1. The molecule has 0 N–H and O–H groups in total. The van der Waals surface area contributed by atoms with Crippen LogP contribution in [0.4, 0.5) is 0 Å². The smallest absolute Gasteiger partial charge is 0.231 e. The number of hydrogen-bond donors (Lipinski definition) is 0. The lowest BCUT2D eigenvalue weighted by Gasteiger charge is -2.18. The summed E-state index contributed by atoms with van der Waals surface area (Å²) in [6.07, 6.45) is 13.6. The average molecular weight is 423 g/mol. The molecule has 0 radical (unpaired) electrons. The van der Waals surface area contributed by atoms with Crippen LogP contribution < -0.4 is 9.47 Å². The van der Waals surface area contributed by atoms with Crippen LogP contribution in [-0.4, -0.2) is 28.1 Å². The number of Topliss-reactive ketones (excluding diaryl/α,β-unsaturated/α-hetero) is 1. The van der Waals surface area contributed by atoms with E-state index >= 15 is 0 Å². The summed E-state index contributed by atoms with van der Waals surface area (Å²) in [6.45, 7) is 4.61. The summed E-state index contributed by atoms with van der Waals surface area (Å²) < 4.78 is 23.0. The molecule has 0 aromatic heterocycles. The molecular weight excluding hydrogens is 384 g/mol. The zero-order chi connectivity index (χ0) is 20.9. The second-order valence-electron chi connectivity index (χ2n) is 8.15. The monoisotopic (exact) mass is 422 g/mol. The van der Waals surface area contributed by atoms with Crippen LogP contribution in [0.5, 0.6) is 11.5 Å². The van der Waals surface area contributed by atoms with Gasteiger partial charge in [0.2, 0.25) is 6.79 Å². The summed E-state index contributed by atoms with van der Waals surface area (Å²) >= 11 is -0.743. The van der Waals surface area contributed by atoms with Gasteiger partial charge in [-0.25, -0.2) is 0 Å². The summed E-state index contributed by atoms with van der Waals surface area (Å²) in [5.74, 6) is 2.92. The molecule has 2 aliphatic rings. The largest absolute Gasteiger partial charge is 0.616 e. The van der Waals surface area contributed by atoms with Crippen LogP contribution in [0.15, 0.2) is 18.2 Å². The lowest BCUT2D eigenvalue weighted by Crippen LogP contribution is -2.23. The summed E-state index contributed by atoms with van der Waals surface area (Å²) in [6, 6.07) is 6.01. The van der Waals surface area contributed by atoms with E-state index < -0.39 is 11.2 Å². The maximum absolute atomic E-state index is 12.3. The number of hydrogen-bond acceptors (Lipinski definition) is 4. The maximum atomic E-state index is 12.3. The zero-order valence-corrected chi connectivity index (χ0v) is 19.1. The lowest BCUT2D eigenvalue weighted by molar-refractivity contribution is -0.120. The van der Waals surface area contributed by atoms with Gasteiger partial charge in [0.1, 0.15) is 16.8 Å². The van der Waals surface area contributed by atoms with Crippen molar-refractivity contribution in [3.8, 4) is 11.5 Å². The second kappa shape index (κ2) is 13.9. The quantitative estimate of drug-likeness (QED) is 0.344. The van der Waals surface area contributed by atoms with Gasteiger partial charge in [-0.1, -0.05) is 56.3 Å². The Morgan fingerprint density at radius 1 is 1.00 bits per heavy atom. The molecule has 5 heteroatoms. The first-order valence-corrected chi connectivity index (χ1v) is 12.8. The molecule has 2 unspecified atom stereocenters. The Morgan fingerprint density at radius 3 is 2.38 bits per heavy atom. The molecule has 1 aliphatic heterocycles. The van der Waals surface area contributed by atoms with E-state index in [-0.39, 0.29) is 5.25 Å². The Balaban J connectivity index is 0.000000360. The van der Waals surface area contributed by atoms with E-state index in [1.165, 1.54) is 44.1 Å². The van der Waals surface area contributed by atoms with Crippen molar-refractivity contribution < 1.29 is 18.8 Å². The van der Waals surface area contributed by atoms with Crippen LogP contribution in [0.3, 0.4) is 0 Å². The molecule has 0 bridgehead atoms. The topological polar surface area (TPSA) is 58.6 Å². The Kier molecular flexibility index (Phi) is 11.6. The minimum absolute atomic E-state index is 0.191. The fourth-order valence-corrected chi connectivity index (χ4v) is 4.93. The standard InChI is InChI=1S/C18H28O3S.C6H10O/c1-3-4-5-6-7-8-11-22(19)15(2)12-16-9-10-17-18(13-16)21-14-20-17;7-6-4-2-1-3-5-6/h9-10,13,15H,3-8,11-12,14H2,1-2H3;1-5H2. The summed E-state index contributed by atoms with van der Waals surface area (Å²) in [5.41, 5.74) is 1.17. The highest BCUT2D eigenvalue weighted by Crippen LogP contribution is 2.33. The van der Waals surface area contributed by atoms with Crippen molar-refractivity contribution in [3.63, 3.8) is 0 Å². The molecule has 4 nitrogen and oxygen atoms in total. The molecule has 1 fully saturated rings. The van der Waals surface area contributed by atoms with E-state index in [1.807, 2.05) is 18.2 Å². The first-order chi connectivity index (χ1) is 14.1. The third-order valence-electron chi connectivity index (χ3n) is 5.52. The summed E-state index contributed by atoms with van der Waals surface area (Å²) in [4.78, 5) is 10.5. The van der Waals surface area contributed by atoms with E-state index in [0.29, 0.717) is 12.6 Å². The van der Waals surface area contributed by atoms with Crippen LogP contribution in [0.1, 0.15) is 90.0 Å². The second-order valence-corrected chi connectivity index (χ2v) is 10.1. The van der Waals surface area contributed by atoms with Gasteiger partial charge in [0.25, 0.3) is 0 Å². The highest BCUT2D eigenvalue weighted by molar-refractivity contribution is 7.91. The minimum atomic E-state index is -0.743. The van der Waals surface area contributed by atoms with Gasteiger partial charge in [0.15, 0.2) is 11.5 Å². The molecule has 29 heavy (non-hydrogen) atoms. The molecule has 1 heterocycles. The van der Waals surface area contributed by atoms with Gasteiger partial charge < -0.3 is 14.0 Å². The highest BCUT2D eigenvalue weighted by Gasteiger charge is 2.19. The molecule has 0 saturated heterocycles. The molecule has 2 atom stereocenters. The molecule has 1 saturated carbocycles. The number of fused-ring (bicyclic) bond motifs is 1. The third kappa shape index (κ3) is 9.43. The van der Waals surface area contributed by atoms with Crippen molar-refractivity contribution in [2.45, 2.75) is 96.1 Å². The number of carbonyl (C=O) groups is 1. The van der Waals surface area contributed by atoms with Gasteiger partial charge >= 0.3 is 0 Å². The number of ether oxygens (including phenoxy) is 2. The third-order valence-corrected chi connectivity index (χ3v) is 7.27. The number of carbonyl (C=O) groups excluding carboxylic acids is 1. The number of rotatable bonds is 10. The number of benzene rings is 1. The van der Waals surface area contributed by atoms with E-state index in [1.54, 1.807) is 0 Å². The summed E-state index contributed by atoms with van der Waals surface area (Å²) in [5, 5.41) is 0.191. The molecule has 1 aromatic rings. The van der Waals surface area contributed by atoms with Crippen molar-refractivity contribution in [1.82, 2.24) is 0 Å². The fourth-order valence-electron chi connectivity index (χ4n) is 3.66. The highest BCUT2D eigenvalue weighted by atomic mass is 32.2. The Labute approximate surface area is 179 Å². The Hall–Kier alpha value is -1.20. The molecule has 0 spiro atoms. The van der Waals surface area contributed by atoms with E-state index in [9.17, 15) is 9.35 Å². The molecule has 0 amide bonds. The Morgan fingerprint density at radius 2 is 1.69 bits per heavy atom. The predicted molar refractivity (Wildman–Crippen MR) is 120 cm³/mol. The lowest BCUT2D eigenvalue weighted by atomic mass is 10.00. The predicted octanol–water partition coefficient (Wildman–Crippen LogP) is 5.98. The zero-order valence-electron chi connectivity index (χ0n) is 18.3. The van der Waals surface area contributed by atoms with Crippen molar-refractivity contribution in [2.24, 2.45) is 0 Å². The van der Waals surface area contributed by atoms with E-state index in [4.69, 9.17) is 9.47 Å². The van der Waals surface area contributed by atoms with Gasteiger partial charge in [-0.3, -0.25) is 4.79 Å². The average Bonchev–Trinajstić information content (AvgIpc) is 3.19. The fraction of sp³-hybridized carbons (Fsp3) is 0.708. The van der Waals surface area contributed by atoms with Gasteiger partial charge in [0, 0.05) is 19.3 Å². The van der Waals surface area contributed by atoms with Crippen LogP contribution in [0, 0.1) is 0 Å². The van der Waals surface area contributed by atoms with Crippen molar-refractivity contribution in [3.05, 3.63) is 23.8 Å². The maximum Gasteiger partial charge on any atom is 0.231 e. The van der Waals surface area contributed by atoms with Crippen molar-refractivity contribution in [1.29, 1.82) is 0 Å². The molecule has 1 aliphatic carbocycles. The van der Waals surface area contributed by atoms with E-state index in [2.05, 4.69) is 13.8 Å². The van der Waals surface area contributed by atoms with Gasteiger partial charge in [-0.05, 0) is 50.3 Å². The summed E-state index contributed by atoms with van der Waals surface area (Å²) in [7, 11) is 0. The minimum Gasteiger partial charge on any atom is -0.616 e. The van der Waals surface area contributed by atoms with Crippen LogP contribution >= 0.6 is 0 Å². The van der Waals surface area contributed by atoms with Crippen LogP contribution in [0.2, 0.25) is 0 Å². The molecule has 1 aromatic carbocycles. The molecular formula is C24H38O4S. The van der Waals surface area contributed by atoms with Gasteiger partial charge in [-0.2, -0.15) is 0 Å². The number of unbranched alkanes of at least 4 members (excludes halogenated alkanes) is 5. The van der Waals surface area contributed by atoms with Crippen LogP contribution in [-0.2, 0) is 22.4 Å². The SMILES string of the molecule is CCCCCCCC[S+]([O-])C(C)Cc1ccc2c(c1)OCO2.O=C1CCCCC1. The normalized spacial score (nSPS) is 17.4. The van der Waals surface area contributed by atoms with E-state index in [0.717, 1.165) is 55.8 Å². The Bertz CT molecular complexity index is 597. The molecule has 3 rings (SSSR count).